The number of nitrogens with zero attached hydrogens (tertiary/aromatic N) is 1. The molecule has 0 spiro atoms. The molecule has 0 aromatic rings. The quantitative estimate of drug-likeness (QED) is 0.825. The van der Waals surface area contributed by atoms with Crippen molar-refractivity contribution in [3.8, 4) is 0 Å². The van der Waals surface area contributed by atoms with Crippen molar-refractivity contribution in [2.45, 2.75) is 77.3 Å². The molecule has 106 valence electrons. The van der Waals surface area contributed by atoms with E-state index in [0.29, 0.717) is 5.54 Å². The minimum atomic E-state index is 0.378. The molecule has 0 aromatic heterocycles. The molecule has 1 aliphatic heterocycles. The molecule has 1 heterocycles. The molecule has 1 N–H and O–H groups in total. The predicted octanol–water partition coefficient (Wildman–Crippen LogP) is 3.42. The van der Waals surface area contributed by atoms with Crippen LogP contribution in [0.3, 0.4) is 0 Å². The fourth-order valence-electron chi connectivity index (χ4n) is 3.97. The standard InChI is InChI=1S/C16H32N2/c1-4-16(5-2)13-18(12-8-11-17-16)14(3)15-9-6-7-10-15/h14-15,17H,4-13H2,1-3H3. The van der Waals surface area contributed by atoms with Crippen molar-refractivity contribution < 1.29 is 0 Å². The highest BCUT2D eigenvalue weighted by molar-refractivity contribution is 4.93. The van der Waals surface area contributed by atoms with E-state index in [2.05, 4.69) is 31.0 Å². The van der Waals surface area contributed by atoms with Crippen LogP contribution < -0.4 is 5.32 Å². The van der Waals surface area contributed by atoms with Crippen LogP contribution >= 0.6 is 0 Å². The van der Waals surface area contributed by atoms with Crippen molar-refractivity contribution in [1.82, 2.24) is 10.2 Å². The average Bonchev–Trinajstić information content (AvgIpc) is 2.85. The van der Waals surface area contributed by atoms with E-state index in [1.165, 1.54) is 64.6 Å². The van der Waals surface area contributed by atoms with Gasteiger partial charge in [0.25, 0.3) is 0 Å². The molecular weight excluding hydrogens is 220 g/mol. The number of hydrogen-bond donors (Lipinski definition) is 1. The molecule has 2 aliphatic rings. The van der Waals surface area contributed by atoms with Crippen molar-refractivity contribution in [2.24, 2.45) is 5.92 Å². The summed E-state index contributed by atoms with van der Waals surface area (Å²) in [5.74, 6) is 0.967. The number of nitrogens with one attached hydrogen (secondary N) is 1. The van der Waals surface area contributed by atoms with Crippen LogP contribution in [0.15, 0.2) is 0 Å². The van der Waals surface area contributed by atoms with Gasteiger partial charge >= 0.3 is 0 Å². The van der Waals surface area contributed by atoms with Crippen molar-refractivity contribution >= 4 is 0 Å². The average molecular weight is 252 g/mol. The van der Waals surface area contributed by atoms with Crippen LogP contribution in [0, 0.1) is 5.92 Å². The zero-order chi connectivity index (χ0) is 13.0. The van der Waals surface area contributed by atoms with E-state index >= 15 is 0 Å². The van der Waals surface area contributed by atoms with Gasteiger partial charge in [-0.15, -0.1) is 0 Å². The summed E-state index contributed by atoms with van der Waals surface area (Å²) in [4.78, 5) is 2.79. The molecular formula is C16H32N2. The highest BCUT2D eigenvalue weighted by atomic mass is 15.2. The van der Waals surface area contributed by atoms with Gasteiger partial charge in [-0.3, -0.25) is 4.90 Å². The van der Waals surface area contributed by atoms with Crippen LogP contribution in [-0.4, -0.2) is 36.1 Å². The molecule has 2 rings (SSSR count). The highest BCUT2D eigenvalue weighted by Crippen LogP contribution is 2.32. The van der Waals surface area contributed by atoms with E-state index in [0.717, 1.165) is 12.0 Å². The fraction of sp³-hybridized carbons (Fsp3) is 1.00. The lowest BCUT2D eigenvalue weighted by Gasteiger charge is -2.39. The van der Waals surface area contributed by atoms with Crippen molar-refractivity contribution in [3.63, 3.8) is 0 Å². The molecule has 1 aliphatic carbocycles. The first kappa shape index (κ1) is 14.3. The van der Waals surface area contributed by atoms with Gasteiger partial charge in [-0.2, -0.15) is 0 Å². The molecule has 0 radical (unpaired) electrons. The maximum absolute atomic E-state index is 3.83. The van der Waals surface area contributed by atoms with Gasteiger partial charge in [0.1, 0.15) is 0 Å². The first-order valence-electron chi connectivity index (χ1n) is 8.20. The third-order valence-electron chi connectivity index (χ3n) is 5.64. The number of rotatable bonds is 4. The van der Waals surface area contributed by atoms with Crippen LogP contribution in [0.2, 0.25) is 0 Å². The van der Waals surface area contributed by atoms with E-state index < -0.39 is 0 Å². The second-order valence-electron chi connectivity index (χ2n) is 6.52. The maximum atomic E-state index is 3.83. The summed E-state index contributed by atoms with van der Waals surface area (Å²) in [7, 11) is 0. The Balaban J connectivity index is 2.01. The molecule has 18 heavy (non-hydrogen) atoms. The summed E-state index contributed by atoms with van der Waals surface area (Å²) in [5, 5.41) is 3.83. The molecule has 2 heteroatoms. The summed E-state index contributed by atoms with van der Waals surface area (Å²) < 4.78 is 0. The third-order valence-corrected chi connectivity index (χ3v) is 5.64. The predicted molar refractivity (Wildman–Crippen MR) is 78.9 cm³/mol. The van der Waals surface area contributed by atoms with Crippen LogP contribution in [-0.2, 0) is 0 Å². The van der Waals surface area contributed by atoms with E-state index in [1.54, 1.807) is 0 Å². The van der Waals surface area contributed by atoms with Gasteiger partial charge < -0.3 is 5.32 Å². The first-order valence-corrected chi connectivity index (χ1v) is 8.20. The molecule has 1 atom stereocenters. The second-order valence-corrected chi connectivity index (χ2v) is 6.52. The minimum Gasteiger partial charge on any atom is -0.310 e. The first-order chi connectivity index (χ1) is 8.71. The smallest absolute Gasteiger partial charge is 0.0303 e. The van der Waals surface area contributed by atoms with E-state index in [1.807, 2.05) is 0 Å². The van der Waals surface area contributed by atoms with Crippen LogP contribution in [0.4, 0.5) is 0 Å². The zero-order valence-electron chi connectivity index (χ0n) is 12.7. The Morgan fingerprint density at radius 3 is 2.44 bits per heavy atom. The summed E-state index contributed by atoms with van der Waals surface area (Å²) in [6.07, 6.45) is 9.71. The Bertz CT molecular complexity index is 241. The summed E-state index contributed by atoms with van der Waals surface area (Å²) in [5.41, 5.74) is 0.378. The van der Waals surface area contributed by atoms with Crippen LogP contribution in [0.25, 0.3) is 0 Å². The maximum Gasteiger partial charge on any atom is 0.0303 e. The van der Waals surface area contributed by atoms with Gasteiger partial charge in [-0.05, 0) is 58.0 Å². The van der Waals surface area contributed by atoms with Crippen LogP contribution in [0.1, 0.15) is 65.7 Å². The summed E-state index contributed by atoms with van der Waals surface area (Å²) >= 11 is 0. The van der Waals surface area contributed by atoms with Gasteiger partial charge in [-0.1, -0.05) is 26.7 Å². The second kappa shape index (κ2) is 6.38. The van der Waals surface area contributed by atoms with Crippen molar-refractivity contribution in [2.75, 3.05) is 19.6 Å². The molecule has 1 unspecified atom stereocenters. The molecule has 1 saturated carbocycles. The number of hydrogen-bond acceptors (Lipinski definition) is 2. The summed E-state index contributed by atoms with van der Waals surface area (Å²) in [6.45, 7) is 10.9. The Morgan fingerprint density at radius 1 is 1.17 bits per heavy atom. The molecule has 2 nitrogen and oxygen atoms in total. The lowest BCUT2D eigenvalue weighted by Crippen LogP contribution is -2.53. The molecule has 1 saturated heterocycles. The molecule has 0 amide bonds. The topological polar surface area (TPSA) is 15.3 Å². The van der Waals surface area contributed by atoms with E-state index in [9.17, 15) is 0 Å². The Hall–Kier alpha value is -0.0800. The minimum absolute atomic E-state index is 0.378. The SMILES string of the molecule is CCC1(CC)CN(C(C)C2CCCC2)CCCN1. The Morgan fingerprint density at radius 2 is 1.83 bits per heavy atom. The zero-order valence-corrected chi connectivity index (χ0v) is 12.7. The Kier molecular flexibility index (Phi) is 5.08. The molecule has 2 fully saturated rings. The molecule has 0 aromatic carbocycles. The van der Waals surface area contributed by atoms with Crippen LogP contribution in [0.5, 0.6) is 0 Å². The molecule has 0 bridgehead atoms. The van der Waals surface area contributed by atoms with E-state index in [4.69, 9.17) is 0 Å². The largest absolute Gasteiger partial charge is 0.310 e. The third kappa shape index (κ3) is 3.08. The lowest BCUT2D eigenvalue weighted by molar-refractivity contribution is 0.120. The van der Waals surface area contributed by atoms with Gasteiger partial charge in [0, 0.05) is 18.1 Å². The van der Waals surface area contributed by atoms with Gasteiger partial charge in [-0.25, -0.2) is 0 Å². The van der Waals surface area contributed by atoms with Crippen molar-refractivity contribution in [3.05, 3.63) is 0 Å². The lowest BCUT2D eigenvalue weighted by atomic mass is 9.90. The van der Waals surface area contributed by atoms with Gasteiger partial charge in [0.05, 0.1) is 0 Å². The monoisotopic (exact) mass is 252 g/mol. The van der Waals surface area contributed by atoms with Crippen molar-refractivity contribution in [1.29, 1.82) is 0 Å². The normalized spacial score (nSPS) is 28.2. The van der Waals surface area contributed by atoms with Gasteiger partial charge in [0.15, 0.2) is 0 Å². The summed E-state index contributed by atoms with van der Waals surface area (Å²) in [6, 6.07) is 0.796. The van der Waals surface area contributed by atoms with E-state index in [-0.39, 0.29) is 0 Å². The Labute approximate surface area is 114 Å². The highest BCUT2D eigenvalue weighted by Gasteiger charge is 2.34. The van der Waals surface area contributed by atoms with Gasteiger partial charge in [0.2, 0.25) is 0 Å². The fourth-order valence-corrected chi connectivity index (χ4v) is 3.97.